The van der Waals surface area contributed by atoms with E-state index < -0.39 is 6.10 Å². The Morgan fingerprint density at radius 2 is 2.50 bits per heavy atom. The highest BCUT2D eigenvalue weighted by Crippen LogP contribution is 2.13. The lowest BCUT2D eigenvalue weighted by molar-refractivity contribution is -0.159. The standard InChI is InChI=1S/C8H15NO3/c1-2-11-8(10)7-5-6(9)3-4-12-7/h6-7H,2-5,9H2,1H3/t6-,7-/m1/s1. The number of hydrogen-bond donors (Lipinski definition) is 1. The summed E-state index contributed by atoms with van der Waals surface area (Å²) in [6.07, 6.45) is 0.975. The van der Waals surface area contributed by atoms with Gasteiger partial charge in [-0.2, -0.15) is 0 Å². The number of ether oxygens (including phenoxy) is 2. The lowest BCUT2D eigenvalue weighted by atomic mass is 10.0. The Morgan fingerprint density at radius 3 is 3.08 bits per heavy atom. The van der Waals surface area contributed by atoms with Gasteiger partial charge in [-0.1, -0.05) is 0 Å². The third-order valence-corrected chi connectivity index (χ3v) is 1.87. The van der Waals surface area contributed by atoms with Crippen molar-refractivity contribution in [2.45, 2.75) is 31.9 Å². The quantitative estimate of drug-likeness (QED) is 0.600. The van der Waals surface area contributed by atoms with Crippen molar-refractivity contribution in [3.8, 4) is 0 Å². The summed E-state index contributed by atoms with van der Waals surface area (Å²) in [5, 5.41) is 0. The summed E-state index contributed by atoms with van der Waals surface area (Å²) in [5.74, 6) is -0.285. The number of carbonyl (C=O) groups is 1. The van der Waals surface area contributed by atoms with Crippen molar-refractivity contribution < 1.29 is 14.3 Å². The van der Waals surface area contributed by atoms with Crippen molar-refractivity contribution in [1.29, 1.82) is 0 Å². The number of carbonyl (C=O) groups excluding carboxylic acids is 1. The fourth-order valence-electron chi connectivity index (χ4n) is 1.22. The van der Waals surface area contributed by atoms with Crippen LogP contribution in [0.25, 0.3) is 0 Å². The molecule has 1 saturated heterocycles. The fraction of sp³-hybridized carbons (Fsp3) is 0.875. The molecule has 0 amide bonds. The Hall–Kier alpha value is -0.610. The van der Waals surface area contributed by atoms with Crippen LogP contribution in [0.2, 0.25) is 0 Å². The van der Waals surface area contributed by atoms with Crippen LogP contribution >= 0.6 is 0 Å². The molecule has 2 atom stereocenters. The molecule has 0 unspecified atom stereocenters. The van der Waals surface area contributed by atoms with E-state index in [1.807, 2.05) is 0 Å². The monoisotopic (exact) mass is 173 g/mol. The van der Waals surface area contributed by atoms with Crippen molar-refractivity contribution in [3.05, 3.63) is 0 Å². The molecule has 0 bridgehead atoms. The second-order valence-electron chi connectivity index (χ2n) is 2.90. The number of hydrogen-bond acceptors (Lipinski definition) is 4. The van der Waals surface area contributed by atoms with Crippen LogP contribution in [0.4, 0.5) is 0 Å². The van der Waals surface area contributed by atoms with E-state index in [0.29, 0.717) is 19.6 Å². The van der Waals surface area contributed by atoms with E-state index in [-0.39, 0.29) is 12.0 Å². The van der Waals surface area contributed by atoms with Gasteiger partial charge in [-0.25, -0.2) is 4.79 Å². The maximum atomic E-state index is 11.1. The van der Waals surface area contributed by atoms with Gasteiger partial charge in [-0.05, 0) is 19.8 Å². The molecule has 0 saturated carbocycles. The first kappa shape index (κ1) is 9.48. The Labute approximate surface area is 72.0 Å². The molecular formula is C8H15NO3. The highest BCUT2D eigenvalue weighted by molar-refractivity contribution is 5.74. The zero-order valence-corrected chi connectivity index (χ0v) is 7.29. The summed E-state index contributed by atoms with van der Waals surface area (Å²) in [7, 11) is 0. The summed E-state index contributed by atoms with van der Waals surface area (Å²) in [4.78, 5) is 11.1. The van der Waals surface area contributed by atoms with Crippen molar-refractivity contribution in [3.63, 3.8) is 0 Å². The summed E-state index contributed by atoms with van der Waals surface area (Å²) in [6, 6.07) is 0.0770. The second kappa shape index (κ2) is 4.42. The number of nitrogens with two attached hydrogens (primary N) is 1. The van der Waals surface area contributed by atoms with Crippen LogP contribution in [0.15, 0.2) is 0 Å². The first-order valence-electron chi connectivity index (χ1n) is 4.28. The van der Waals surface area contributed by atoms with Crippen molar-refractivity contribution >= 4 is 5.97 Å². The second-order valence-corrected chi connectivity index (χ2v) is 2.90. The van der Waals surface area contributed by atoms with Gasteiger partial charge in [0.05, 0.1) is 6.61 Å². The molecule has 1 aliphatic heterocycles. The van der Waals surface area contributed by atoms with Gasteiger partial charge < -0.3 is 15.2 Å². The lowest BCUT2D eigenvalue weighted by Gasteiger charge is -2.25. The molecule has 0 aliphatic carbocycles. The van der Waals surface area contributed by atoms with E-state index in [0.717, 1.165) is 6.42 Å². The molecular weight excluding hydrogens is 158 g/mol. The first-order valence-corrected chi connectivity index (χ1v) is 4.28. The van der Waals surface area contributed by atoms with Crippen LogP contribution in [0.1, 0.15) is 19.8 Å². The van der Waals surface area contributed by atoms with Crippen molar-refractivity contribution in [1.82, 2.24) is 0 Å². The topological polar surface area (TPSA) is 61.5 Å². The highest BCUT2D eigenvalue weighted by Gasteiger charge is 2.26. The van der Waals surface area contributed by atoms with Gasteiger partial charge in [0.15, 0.2) is 6.10 Å². The van der Waals surface area contributed by atoms with Crippen LogP contribution in [0.3, 0.4) is 0 Å². The smallest absolute Gasteiger partial charge is 0.335 e. The van der Waals surface area contributed by atoms with Gasteiger partial charge in [0, 0.05) is 12.6 Å². The van der Waals surface area contributed by atoms with Gasteiger partial charge in [0.25, 0.3) is 0 Å². The Bertz CT molecular complexity index is 160. The van der Waals surface area contributed by atoms with Crippen LogP contribution in [0, 0.1) is 0 Å². The molecule has 0 aromatic rings. The minimum atomic E-state index is -0.436. The minimum absolute atomic E-state index is 0.0770. The molecule has 4 nitrogen and oxygen atoms in total. The molecule has 0 spiro atoms. The molecule has 1 rings (SSSR count). The zero-order valence-electron chi connectivity index (χ0n) is 7.29. The molecule has 1 aliphatic rings. The summed E-state index contributed by atoms with van der Waals surface area (Å²) >= 11 is 0. The van der Waals surface area contributed by atoms with Crippen LogP contribution in [-0.4, -0.2) is 31.3 Å². The van der Waals surface area contributed by atoms with Gasteiger partial charge >= 0.3 is 5.97 Å². The third kappa shape index (κ3) is 2.46. The zero-order chi connectivity index (χ0) is 8.97. The van der Waals surface area contributed by atoms with E-state index in [9.17, 15) is 4.79 Å². The molecule has 12 heavy (non-hydrogen) atoms. The first-order chi connectivity index (χ1) is 5.74. The van der Waals surface area contributed by atoms with Gasteiger partial charge in [-0.15, -0.1) is 0 Å². The largest absolute Gasteiger partial charge is 0.464 e. The van der Waals surface area contributed by atoms with Gasteiger partial charge in [-0.3, -0.25) is 0 Å². The van der Waals surface area contributed by atoms with Gasteiger partial charge in [0.1, 0.15) is 0 Å². The molecule has 1 heterocycles. The van der Waals surface area contributed by atoms with Crippen LogP contribution < -0.4 is 5.73 Å². The average molecular weight is 173 g/mol. The summed E-state index contributed by atoms with van der Waals surface area (Å²) < 4.78 is 10.0. The Morgan fingerprint density at radius 1 is 1.75 bits per heavy atom. The maximum absolute atomic E-state index is 11.1. The van der Waals surface area contributed by atoms with E-state index >= 15 is 0 Å². The summed E-state index contributed by atoms with van der Waals surface area (Å²) in [5.41, 5.74) is 5.67. The molecule has 2 N–H and O–H groups in total. The van der Waals surface area contributed by atoms with E-state index in [1.54, 1.807) is 6.92 Å². The Balaban J connectivity index is 2.35. The average Bonchev–Trinajstić information content (AvgIpc) is 2.05. The van der Waals surface area contributed by atoms with E-state index in [2.05, 4.69) is 0 Å². The number of rotatable bonds is 2. The van der Waals surface area contributed by atoms with E-state index in [1.165, 1.54) is 0 Å². The molecule has 70 valence electrons. The molecule has 1 fully saturated rings. The SMILES string of the molecule is CCOC(=O)[C@H]1C[C@H](N)CCO1. The van der Waals surface area contributed by atoms with Crippen LogP contribution in [-0.2, 0) is 14.3 Å². The lowest BCUT2D eigenvalue weighted by Crippen LogP contribution is -2.39. The minimum Gasteiger partial charge on any atom is -0.464 e. The van der Waals surface area contributed by atoms with Crippen LogP contribution in [0.5, 0.6) is 0 Å². The molecule has 4 heteroatoms. The predicted octanol–water partition coefficient (Wildman–Crippen LogP) is 0.0558. The van der Waals surface area contributed by atoms with Gasteiger partial charge in [0.2, 0.25) is 0 Å². The van der Waals surface area contributed by atoms with E-state index in [4.69, 9.17) is 15.2 Å². The third-order valence-electron chi connectivity index (χ3n) is 1.87. The van der Waals surface area contributed by atoms with Crippen molar-refractivity contribution in [2.24, 2.45) is 5.73 Å². The predicted molar refractivity (Wildman–Crippen MR) is 43.6 cm³/mol. The molecule has 0 radical (unpaired) electrons. The highest BCUT2D eigenvalue weighted by atomic mass is 16.6. The summed E-state index contributed by atoms with van der Waals surface area (Å²) in [6.45, 7) is 2.74. The van der Waals surface area contributed by atoms with Crippen molar-refractivity contribution in [2.75, 3.05) is 13.2 Å². The molecule has 0 aromatic heterocycles. The number of esters is 1. The normalized spacial score (nSPS) is 29.8. The Kier molecular flexibility index (Phi) is 3.49. The molecule has 0 aromatic carbocycles. The fourth-order valence-corrected chi connectivity index (χ4v) is 1.22. The maximum Gasteiger partial charge on any atom is 0.335 e.